The van der Waals surface area contributed by atoms with Crippen LogP contribution in [0, 0.1) is 0 Å². The van der Waals surface area contributed by atoms with E-state index < -0.39 is 15.1 Å². The predicted octanol–water partition coefficient (Wildman–Crippen LogP) is 1.98. The molecule has 0 amide bonds. The normalized spacial score (nSPS) is 16.4. The maximum Gasteiger partial charge on any atom is 0.199 e. The van der Waals surface area contributed by atoms with Gasteiger partial charge in [-0.2, -0.15) is 0 Å². The molecule has 25 heavy (non-hydrogen) atoms. The predicted molar refractivity (Wildman–Crippen MR) is 98.3 cm³/mol. The van der Waals surface area contributed by atoms with E-state index in [0.29, 0.717) is 0 Å². The van der Waals surface area contributed by atoms with Crippen LogP contribution < -0.4 is 4.90 Å². The molecule has 0 unspecified atom stereocenters. The van der Waals surface area contributed by atoms with Crippen LogP contribution in [0.3, 0.4) is 0 Å². The van der Waals surface area contributed by atoms with E-state index in [9.17, 15) is 8.42 Å². The number of nitrogens with zero attached hydrogens (tertiary/aromatic N) is 4. The van der Waals surface area contributed by atoms with Gasteiger partial charge >= 0.3 is 0 Å². The minimum atomic E-state index is -3.37. The first-order valence-electron chi connectivity index (χ1n) is 8.55. The summed E-state index contributed by atoms with van der Waals surface area (Å²) in [6, 6.07) is 13.8. The molecule has 1 fully saturated rings. The first-order chi connectivity index (χ1) is 12.0. The van der Waals surface area contributed by atoms with Gasteiger partial charge in [-0.05, 0) is 31.5 Å². The first kappa shape index (κ1) is 17.8. The van der Waals surface area contributed by atoms with E-state index in [1.165, 1.54) is 5.56 Å². The van der Waals surface area contributed by atoms with E-state index in [1.807, 2.05) is 6.07 Å². The third-order valence-corrected chi connectivity index (χ3v) is 6.53. The average Bonchev–Trinajstić information content (AvgIpc) is 2.63. The first-order valence-corrected chi connectivity index (χ1v) is 10.1. The quantitative estimate of drug-likeness (QED) is 0.812. The van der Waals surface area contributed by atoms with Gasteiger partial charge in [-0.25, -0.2) is 8.42 Å². The Balaban J connectivity index is 1.60. The van der Waals surface area contributed by atoms with Crippen molar-refractivity contribution in [3.63, 3.8) is 0 Å². The summed E-state index contributed by atoms with van der Waals surface area (Å²) in [5, 5.41) is 7.64. The number of anilines is 1. The maximum atomic E-state index is 12.1. The van der Waals surface area contributed by atoms with Crippen molar-refractivity contribution in [3.8, 4) is 0 Å². The van der Waals surface area contributed by atoms with E-state index in [-0.39, 0.29) is 5.03 Å². The van der Waals surface area contributed by atoms with Gasteiger partial charge in [-0.1, -0.05) is 30.3 Å². The van der Waals surface area contributed by atoms with Crippen molar-refractivity contribution in [2.24, 2.45) is 0 Å². The highest BCUT2D eigenvalue weighted by Gasteiger charge is 2.23. The van der Waals surface area contributed by atoms with Gasteiger partial charge in [0.1, 0.15) is 0 Å². The third-order valence-electron chi connectivity index (χ3n) is 4.48. The summed E-state index contributed by atoms with van der Waals surface area (Å²) in [6.07, 6.45) is 0. The Morgan fingerprint density at radius 2 is 1.64 bits per heavy atom. The van der Waals surface area contributed by atoms with Gasteiger partial charge in [-0.15, -0.1) is 10.2 Å². The van der Waals surface area contributed by atoms with Crippen LogP contribution >= 0.6 is 0 Å². The Bertz CT molecular complexity index is 784. The van der Waals surface area contributed by atoms with E-state index in [1.54, 1.807) is 26.0 Å². The van der Waals surface area contributed by atoms with Crippen LogP contribution in [0.4, 0.5) is 5.82 Å². The molecule has 0 bridgehead atoms. The third kappa shape index (κ3) is 4.16. The highest BCUT2D eigenvalue weighted by atomic mass is 32.2. The van der Waals surface area contributed by atoms with Gasteiger partial charge < -0.3 is 4.90 Å². The van der Waals surface area contributed by atoms with Crippen LogP contribution in [0.25, 0.3) is 0 Å². The fourth-order valence-electron chi connectivity index (χ4n) is 2.85. The SMILES string of the molecule is CC(C)S(=O)(=O)c1ccc(N2CCN(Cc3ccccc3)CC2)nn1. The lowest BCUT2D eigenvalue weighted by atomic mass is 10.2. The van der Waals surface area contributed by atoms with Gasteiger partial charge in [0.05, 0.1) is 5.25 Å². The van der Waals surface area contributed by atoms with Crippen LogP contribution in [0.2, 0.25) is 0 Å². The molecule has 1 aliphatic heterocycles. The Morgan fingerprint density at radius 1 is 0.960 bits per heavy atom. The lowest BCUT2D eigenvalue weighted by molar-refractivity contribution is 0.249. The molecule has 2 aromatic rings. The molecule has 7 heteroatoms. The molecule has 6 nitrogen and oxygen atoms in total. The minimum absolute atomic E-state index is 0.0500. The van der Waals surface area contributed by atoms with Crippen molar-refractivity contribution in [2.45, 2.75) is 30.7 Å². The Hall–Kier alpha value is -1.99. The molecule has 1 aliphatic rings. The van der Waals surface area contributed by atoms with Gasteiger partial charge in [0.25, 0.3) is 0 Å². The number of hydrogen-bond donors (Lipinski definition) is 0. The molecule has 0 saturated carbocycles. The second-order valence-corrected chi connectivity index (χ2v) is 9.02. The van der Waals surface area contributed by atoms with Gasteiger partial charge in [0, 0.05) is 32.7 Å². The molecule has 0 spiro atoms. The highest BCUT2D eigenvalue weighted by molar-refractivity contribution is 7.91. The molecule has 1 saturated heterocycles. The Morgan fingerprint density at radius 3 is 2.20 bits per heavy atom. The topological polar surface area (TPSA) is 66.4 Å². The summed E-state index contributed by atoms with van der Waals surface area (Å²) in [5.41, 5.74) is 1.32. The largest absolute Gasteiger partial charge is 0.353 e. The highest BCUT2D eigenvalue weighted by Crippen LogP contribution is 2.18. The number of rotatable bonds is 5. The molecule has 0 N–H and O–H groups in total. The van der Waals surface area contributed by atoms with Gasteiger partial charge in [-0.3, -0.25) is 4.90 Å². The second kappa shape index (κ2) is 7.49. The average molecular weight is 360 g/mol. The number of piperazine rings is 1. The van der Waals surface area contributed by atoms with E-state index in [4.69, 9.17) is 0 Å². The second-order valence-electron chi connectivity index (χ2n) is 6.57. The summed E-state index contributed by atoms with van der Waals surface area (Å²) in [7, 11) is -3.37. The zero-order valence-corrected chi connectivity index (χ0v) is 15.5. The van der Waals surface area contributed by atoms with Crippen molar-refractivity contribution < 1.29 is 8.42 Å². The lowest BCUT2D eigenvalue weighted by Gasteiger charge is -2.35. The molecule has 2 heterocycles. The molecular formula is C18H24N4O2S. The molecule has 1 aromatic carbocycles. The number of hydrogen-bond acceptors (Lipinski definition) is 6. The smallest absolute Gasteiger partial charge is 0.199 e. The number of benzene rings is 1. The fourth-order valence-corrected chi connectivity index (χ4v) is 3.75. The fraction of sp³-hybridized carbons (Fsp3) is 0.444. The van der Waals surface area contributed by atoms with Crippen LogP contribution in [0.5, 0.6) is 0 Å². The summed E-state index contributed by atoms with van der Waals surface area (Å²) < 4.78 is 24.2. The number of sulfone groups is 1. The Labute approximate surface area is 149 Å². The van der Waals surface area contributed by atoms with Crippen LogP contribution in [0.1, 0.15) is 19.4 Å². The Kier molecular flexibility index (Phi) is 5.34. The van der Waals surface area contributed by atoms with Crippen LogP contribution in [-0.4, -0.2) is 54.9 Å². The minimum Gasteiger partial charge on any atom is -0.353 e. The maximum absolute atomic E-state index is 12.1. The molecular weight excluding hydrogens is 336 g/mol. The van der Waals surface area contributed by atoms with Crippen molar-refractivity contribution in [1.82, 2.24) is 15.1 Å². The van der Waals surface area contributed by atoms with Crippen molar-refractivity contribution >= 4 is 15.7 Å². The van der Waals surface area contributed by atoms with Gasteiger partial charge in [0.15, 0.2) is 20.7 Å². The molecule has 3 rings (SSSR count). The van der Waals surface area contributed by atoms with Crippen LogP contribution in [-0.2, 0) is 16.4 Å². The molecule has 0 aliphatic carbocycles. The molecule has 1 aromatic heterocycles. The van der Waals surface area contributed by atoms with E-state index in [0.717, 1.165) is 38.5 Å². The number of aromatic nitrogens is 2. The van der Waals surface area contributed by atoms with Crippen molar-refractivity contribution in [1.29, 1.82) is 0 Å². The lowest BCUT2D eigenvalue weighted by Crippen LogP contribution is -2.46. The van der Waals surface area contributed by atoms with Gasteiger partial charge in [0.2, 0.25) is 0 Å². The van der Waals surface area contributed by atoms with E-state index in [2.05, 4.69) is 44.3 Å². The summed E-state index contributed by atoms with van der Waals surface area (Å²) in [6.45, 7) is 7.86. The molecule has 0 atom stereocenters. The summed E-state index contributed by atoms with van der Waals surface area (Å²) in [4.78, 5) is 4.57. The van der Waals surface area contributed by atoms with Crippen molar-refractivity contribution in [3.05, 3.63) is 48.0 Å². The van der Waals surface area contributed by atoms with Crippen molar-refractivity contribution in [2.75, 3.05) is 31.1 Å². The monoisotopic (exact) mass is 360 g/mol. The molecule has 134 valence electrons. The summed E-state index contributed by atoms with van der Waals surface area (Å²) >= 11 is 0. The molecule has 0 radical (unpaired) electrons. The van der Waals surface area contributed by atoms with E-state index >= 15 is 0 Å². The zero-order chi connectivity index (χ0) is 17.9. The van der Waals surface area contributed by atoms with Crippen LogP contribution in [0.15, 0.2) is 47.5 Å². The summed E-state index contributed by atoms with van der Waals surface area (Å²) in [5.74, 6) is 0.738. The zero-order valence-electron chi connectivity index (χ0n) is 14.7. The standard InChI is InChI=1S/C18H24N4O2S/c1-15(2)25(23,24)18-9-8-17(19-20-18)22-12-10-21(11-13-22)14-16-6-4-3-5-7-16/h3-9,15H,10-14H2,1-2H3.